The Hall–Kier alpha value is -1.89. The van der Waals surface area contributed by atoms with Crippen LogP contribution in [0.3, 0.4) is 0 Å². The molecule has 6 heteroatoms. The average Bonchev–Trinajstić information content (AvgIpc) is 2.68. The summed E-state index contributed by atoms with van der Waals surface area (Å²) in [6.45, 7) is 4.33. The normalized spacial score (nSPS) is 16.0. The van der Waals surface area contributed by atoms with E-state index in [1.54, 1.807) is 0 Å². The highest BCUT2D eigenvalue weighted by Gasteiger charge is 2.23. The van der Waals surface area contributed by atoms with Crippen molar-refractivity contribution in [2.75, 3.05) is 39.5 Å². The van der Waals surface area contributed by atoms with Crippen molar-refractivity contribution in [1.82, 2.24) is 5.32 Å². The van der Waals surface area contributed by atoms with Crippen molar-refractivity contribution >= 4 is 21.8 Å². The molecule has 0 unspecified atom stereocenters. The Balaban J connectivity index is 1.58. The van der Waals surface area contributed by atoms with Gasteiger partial charge in [0.25, 0.3) is 5.91 Å². The minimum atomic E-state index is -0.116. The van der Waals surface area contributed by atoms with Gasteiger partial charge in [-0.2, -0.15) is 0 Å². The van der Waals surface area contributed by atoms with E-state index < -0.39 is 0 Å². The number of hydrogen-bond acceptors (Lipinski definition) is 3. The van der Waals surface area contributed by atoms with E-state index in [4.69, 9.17) is 9.47 Å². The second kappa shape index (κ2) is 9.71. The van der Waals surface area contributed by atoms with Gasteiger partial charge in [0.05, 0.1) is 13.2 Å². The van der Waals surface area contributed by atoms with Gasteiger partial charge < -0.3 is 19.7 Å². The zero-order valence-electron chi connectivity index (χ0n) is 14.6. The lowest BCUT2D eigenvalue weighted by Gasteiger charge is -2.28. The Bertz CT molecular complexity index is 688. The van der Waals surface area contributed by atoms with Crippen molar-refractivity contribution < 1.29 is 19.2 Å². The zero-order chi connectivity index (χ0) is 18.2. The van der Waals surface area contributed by atoms with E-state index in [1.807, 2.05) is 42.5 Å². The zero-order valence-corrected chi connectivity index (χ0v) is 16.2. The summed E-state index contributed by atoms with van der Waals surface area (Å²) in [4.78, 5) is 13.9. The van der Waals surface area contributed by atoms with Crippen LogP contribution in [0.5, 0.6) is 5.75 Å². The van der Waals surface area contributed by atoms with Crippen LogP contribution in [0.1, 0.15) is 11.6 Å². The molecule has 0 radical (unpaired) electrons. The van der Waals surface area contributed by atoms with Crippen molar-refractivity contribution in [2.24, 2.45) is 0 Å². The molecule has 0 saturated carbocycles. The summed E-state index contributed by atoms with van der Waals surface area (Å²) in [7, 11) is 0. The predicted molar refractivity (Wildman–Crippen MR) is 103 cm³/mol. The maximum absolute atomic E-state index is 12.4. The Morgan fingerprint density at radius 3 is 2.50 bits per heavy atom. The topological polar surface area (TPSA) is 52.0 Å². The van der Waals surface area contributed by atoms with Gasteiger partial charge in [-0.05, 0) is 29.8 Å². The Morgan fingerprint density at radius 1 is 1.12 bits per heavy atom. The molecule has 1 heterocycles. The van der Waals surface area contributed by atoms with Crippen molar-refractivity contribution in [1.29, 1.82) is 0 Å². The van der Waals surface area contributed by atoms with Crippen LogP contribution in [-0.4, -0.2) is 45.4 Å². The second-order valence-corrected chi connectivity index (χ2v) is 7.26. The molecular weight excluding hydrogens is 396 g/mol. The molecule has 0 bridgehead atoms. The van der Waals surface area contributed by atoms with E-state index in [0.29, 0.717) is 5.75 Å². The lowest BCUT2D eigenvalue weighted by molar-refractivity contribution is -0.909. The lowest BCUT2D eigenvalue weighted by Crippen LogP contribution is -3.14. The number of ether oxygens (including phenoxy) is 2. The number of halogens is 1. The molecule has 0 spiro atoms. The molecule has 1 aliphatic rings. The van der Waals surface area contributed by atoms with Crippen LogP contribution in [0.4, 0.5) is 0 Å². The monoisotopic (exact) mass is 419 g/mol. The van der Waals surface area contributed by atoms with E-state index in [1.165, 1.54) is 4.90 Å². The number of carbonyl (C=O) groups excluding carboxylic acids is 1. The Kier molecular flexibility index (Phi) is 7.05. The number of morpholine rings is 1. The molecule has 3 rings (SSSR count). The number of carbonyl (C=O) groups is 1. The number of nitrogens with one attached hydrogen (secondary N) is 2. The summed E-state index contributed by atoms with van der Waals surface area (Å²) in [5.74, 6) is 0.563. The summed E-state index contributed by atoms with van der Waals surface area (Å²) in [5, 5.41) is 3.13. The molecule has 1 amide bonds. The summed E-state index contributed by atoms with van der Waals surface area (Å²) in [6.07, 6.45) is 0. The van der Waals surface area contributed by atoms with Gasteiger partial charge >= 0.3 is 0 Å². The first-order valence-electron chi connectivity index (χ1n) is 8.85. The van der Waals surface area contributed by atoms with E-state index in [0.717, 1.165) is 42.9 Å². The summed E-state index contributed by atoms with van der Waals surface area (Å²) < 4.78 is 12.0. The van der Waals surface area contributed by atoms with Crippen molar-refractivity contribution in [3.8, 4) is 5.75 Å². The van der Waals surface area contributed by atoms with E-state index >= 15 is 0 Å². The highest BCUT2D eigenvalue weighted by Crippen LogP contribution is 2.16. The molecule has 0 aliphatic carbocycles. The number of rotatable bonds is 7. The molecule has 5 nitrogen and oxygen atoms in total. The largest absolute Gasteiger partial charge is 0.484 e. The molecule has 138 valence electrons. The fraction of sp³-hybridized carbons (Fsp3) is 0.350. The van der Waals surface area contributed by atoms with Crippen molar-refractivity contribution in [3.05, 3.63) is 64.6 Å². The van der Waals surface area contributed by atoms with Crippen LogP contribution in [0, 0.1) is 0 Å². The number of amides is 1. The first kappa shape index (κ1) is 18.9. The maximum Gasteiger partial charge on any atom is 0.258 e. The van der Waals surface area contributed by atoms with Crippen LogP contribution in [0.15, 0.2) is 59.1 Å². The van der Waals surface area contributed by atoms with E-state index in [9.17, 15) is 4.79 Å². The predicted octanol–water partition coefficient (Wildman–Crippen LogP) is 1.60. The van der Waals surface area contributed by atoms with Gasteiger partial charge in [0.1, 0.15) is 31.4 Å². The van der Waals surface area contributed by atoms with Gasteiger partial charge in [0.15, 0.2) is 6.61 Å². The Labute approximate surface area is 162 Å². The molecule has 1 atom stereocenters. The fourth-order valence-electron chi connectivity index (χ4n) is 3.01. The van der Waals surface area contributed by atoms with Crippen LogP contribution in [-0.2, 0) is 9.53 Å². The third-order valence-electron chi connectivity index (χ3n) is 4.41. The average molecular weight is 420 g/mol. The van der Waals surface area contributed by atoms with E-state index in [2.05, 4.69) is 33.4 Å². The third kappa shape index (κ3) is 5.83. The molecule has 26 heavy (non-hydrogen) atoms. The second-order valence-electron chi connectivity index (χ2n) is 6.34. The smallest absolute Gasteiger partial charge is 0.258 e. The molecule has 2 aromatic carbocycles. The summed E-state index contributed by atoms with van der Waals surface area (Å²) in [6, 6.07) is 17.5. The van der Waals surface area contributed by atoms with Crippen LogP contribution >= 0.6 is 15.9 Å². The van der Waals surface area contributed by atoms with Gasteiger partial charge in [-0.25, -0.2) is 0 Å². The summed E-state index contributed by atoms with van der Waals surface area (Å²) in [5.41, 5.74) is 1.11. The molecule has 1 fully saturated rings. The molecule has 0 aromatic heterocycles. The number of benzene rings is 2. The quantitative estimate of drug-likeness (QED) is 0.716. The number of quaternary nitrogens is 1. The van der Waals surface area contributed by atoms with Gasteiger partial charge in [0.2, 0.25) is 0 Å². The molecule has 1 saturated heterocycles. The number of hydrogen-bond donors (Lipinski definition) is 2. The highest BCUT2D eigenvalue weighted by molar-refractivity contribution is 9.10. The maximum atomic E-state index is 12.4. The first-order valence-corrected chi connectivity index (χ1v) is 9.64. The highest BCUT2D eigenvalue weighted by atomic mass is 79.9. The lowest BCUT2D eigenvalue weighted by atomic mass is 10.1. The first-order chi connectivity index (χ1) is 12.7. The van der Waals surface area contributed by atoms with Crippen molar-refractivity contribution in [2.45, 2.75) is 6.04 Å². The van der Waals surface area contributed by atoms with Crippen LogP contribution in [0.2, 0.25) is 0 Å². The SMILES string of the molecule is O=C(COc1ccc(Br)cc1)N[C@@H](C[NH+]1CCOCC1)c1ccccc1. The minimum Gasteiger partial charge on any atom is -0.484 e. The molecular formula is C20H24BrN2O3+. The van der Waals surface area contributed by atoms with Gasteiger partial charge in [0, 0.05) is 4.47 Å². The van der Waals surface area contributed by atoms with Gasteiger partial charge in [-0.15, -0.1) is 0 Å². The van der Waals surface area contributed by atoms with E-state index in [-0.39, 0.29) is 18.6 Å². The standard InChI is InChI=1S/C20H23BrN2O3/c21-17-6-8-18(9-7-17)26-15-20(24)22-19(16-4-2-1-3-5-16)14-23-10-12-25-13-11-23/h1-9,19H,10-15H2,(H,22,24)/p+1/t19-/m0/s1. The summed E-state index contributed by atoms with van der Waals surface area (Å²) >= 11 is 3.39. The molecule has 2 aromatic rings. The fourth-order valence-corrected chi connectivity index (χ4v) is 3.27. The molecule has 1 aliphatic heterocycles. The van der Waals surface area contributed by atoms with Gasteiger partial charge in [-0.3, -0.25) is 4.79 Å². The molecule has 2 N–H and O–H groups in total. The third-order valence-corrected chi connectivity index (χ3v) is 4.94. The van der Waals surface area contributed by atoms with Crippen molar-refractivity contribution in [3.63, 3.8) is 0 Å². The van der Waals surface area contributed by atoms with Gasteiger partial charge in [-0.1, -0.05) is 46.3 Å². The van der Waals surface area contributed by atoms with Crippen LogP contribution < -0.4 is 15.0 Å². The minimum absolute atomic E-state index is 0.00338. The Morgan fingerprint density at radius 2 is 1.81 bits per heavy atom. The van der Waals surface area contributed by atoms with Crippen LogP contribution in [0.25, 0.3) is 0 Å².